The smallest absolute Gasteiger partial charge is 0.326 e. The number of nitrogens with two attached hydrogens (primary N) is 1. The Hall–Kier alpha value is -2.20. The van der Waals surface area contributed by atoms with Gasteiger partial charge in [0.15, 0.2) is 0 Å². The summed E-state index contributed by atoms with van der Waals surface area (Å²) in [6.07, 6.45) is 0.809. The van der Waals surface area contributed by atoms with Crippen molar-refractivity contribution in [1.82, 2.24) is 15.1 Å². The van der Waals surface area contributed by atoms with Crippen molar-refractivity contribution in [3.05, 3.63) is 0 Å². The van der Waals surface area contributed by atoms with E-state index in [1.807, 2.05) is 0 Å². The number of carboxylic acids is 1. The molecule has 2 saturated heterocycles. The number of nitrogens with zero attached hydrogens (tertiary/aromatic N) is 2. The van der Waals surface area contributed by atoms with Crippen LogP contribution in [0.2, 0.25) is 0 Å². The first-order chi connectivity index (χ1) is 13.6. The Morgan fingerprint density at radius 3 is 2.07 bits per heavy atom. The Bertz CT molecular complexity index is 653. The van der Waals surface area contributed by atoms with Crippen molar-refractivity contribution < 1.29 is 29.4 Å². The van der Waals surface area contributed by atoms with Gasteiger partial charge in [0.2, 0.25) is 17.7 Å². The molecular weight excluding hydrogens is 380 g/mol. The highest BCUT2D eigenvalue weighted by Gasteiger charge is 2.44. The highest BCUT2D eigenvalue weighted by molar-refractivity contribution is 5.95. The third kappa shape index (κ3) is 5.05. The lowest BCUT2D eigenvalue weighted by Gasteiger charge is -2.33. The number of amides is 3. The molecule has 10 heteroatoms. The summed E-state index contributed by atoms with van der Waals surface area (Å²) < 4.78 is 0. The number of rotatable bonds is 7. The van der Waals surface area contributed by atoms with E-state index in [2.05, 4.69) is 5.32 Å². The highest BCUT2D eigenvalue weighted by Crippen LogP contribution is 2.25. The van der Waals surface area contributed by atoms with Crippen LogP contribution in [-0.4, -0.2) is 87.1 Å². The zero-order valence-corrected chi connectivity index (χ0v) is 17.2. The van der Waals surface area contributed by atoms with Crippen molar-refractivity contribution in [1.29, 1.82) is 0 Å². The van der Waals surface area contributed by atoms with Crippen LogP contribution >= 0.6 is 0 Å². The Labute approximate surface area is 170 Å². The molecule has 0 spiro atoms. The fraction of sp³-hybridized carbons (Fsp3) is 0.789. The Morgan fingerprint density at radius 1 is 1.00 bits per heavy atom. The lowest BCUT2D eigenvalue weighted by Crippen LogP contribution is -2.60. The molecule has 2 rings (SSSR count). The van der Waals surface area contributed by atoms with E-state index in [-0.39, 0.29) is 5.92 Å². The summed E-state index contributed by atoms with van der Waals surface area (Å²) in [6, 6.07) is -3.73. The van der Waals surface area contributed by atoms with Crippen molar-refractivity contribution in [2.75, 3.05) is 13.1 Å². The van der Waals surface area contributed by atoms with Crippen molar-refractivity contribution in [3.63, 3.8) is 0 Å². The van der Waals surface area contributed by atoms with E-state index >= 15 is 0 Å². The molecule has 0 aromatic carbocycles. The SMILES string of the molecule is CC(C)C(N)C(=O)NC(C(=O)N1CCCC1C(=O)N1CCCC1C(=O)O)C(C)O. The van der Waals surface area contributed by atoms with E-state index in [9.17, 15) is 29.4 Å². The maximum absolute atomic E-state index is 13.1. The number of carboxylic acid groups (broad SMARTS) is 1. The molecule has 2 aliphatic rings. The van der Waals surface area contributed by atoms with E-state index in [1.165, 1.54) is 16.7 Å². The third-order valence-corrected chi connectivity index (χ3v) is 5.71. The lowest BCUT2D eigenvalue weighted by molar-refractivity contribution is -0.153. The van der Waals surface area contributed by atoms with Gasteiger partial charge in [-0.1, -0.05) is 13.8 Å². The summed E-state index contributed by atoms with van der Waals surface area (Å²) in [5, 5.41) is 21.9. The first kappa shape index (κ1) is 23.1. The van der Waals surface area contributed by atoms with Gasteiger partial charge in [0, 0.05) is 13.1 Å². The molecule has 29 heavy (non-hydrogen) atoms. The minimum Gasteiger partial charge on any atom is -0.480 e. The molecule has 10 nitrogen and oxygen atoms in total. The lowest BCUT2D eigenvalue weighted by atomic mass is 10.0. The zero-order chi connectivity index (χ0) is 21.9. The summed E-state index contributed by atoms with van der Waals surface area (Å²) >= 11 is 0. The van der Waals surface area contributed by atoms with Gasteiger partial charge in [-0.05, 0) is 38.5 Å². The first-order valence-corrected chi connectivity index (χ1v) is 10.1. The van der Waals surface area contributed by atoms with Crippen LogP contribution in [0.15, 0.2) is 0 Å². The molecule has 5 N–H and O–H groups in total. The highest BCUT2D eigenvalue weighted by atomic mass is 16.4. The van der Waals surface area contributed by atoms with Crippen LogP contribution in [0.1, 0.15) is 46.5 Å². The number of carbonyl (C=O) groups excluding carboxylic acids is 3. The van der Waals surface area contributed by atoms with Crippen molar-refractivity contribution in [2.45, 2.75) is 76.7 Å². The van der Waals surface area contributed by atoms with Crippen LogP contribution in [0.3, 0.4) is 0 Å². The van der Waals surface area contributed by atoms with Gasteiger partial charge >= 0.3 is 5.97 Å². The fourth-order valence-corrected chi connectivity index (χ4v) is 3.89. The molecule has 0 radical (unpaired) electrons. The number of carbonyl (C=O) groups is 4. The average molecular weight is 412 g/mol. The molecule has 5 unspecified atom stereocenters. The van der Waals surface area contributed by atoms with Gasteiger partial charge in [-0.2, -0.15) is 0 Å². The van der Waals surface area contributed by atoms with E-state index < -0.39 is 54.0 Å². The van der Waals surface area contributed by atoms with Crippen LogP contribution in [0.4, 0.5) is 0 Å². The number of aliphatic hydroxyl groups excluding tert-OH is 1. The van der Waals surface area contributed by atoms with Gasteiger partial charge in [0.05, 0.1) is 12.1 Å². The second kappa shape index (κ2) is 9.53. The summed E-state index contributed by atoms with van der Waals surface area (Å²) in [5.74, 6) is -2.71. The van der Waals surface area contributed by atoms with Crippen molar-refractivity contribution in [2.24, 2.45) is 11.7 Å². The number of hydrogen-bond donors (Lipinski definition) is 4. The zero-order valence-electron chi connectivity index (χ0n) is 17.2. The van der Waals surface area contributed by atoms with Crippen LogP contribution in [0, 0.1) is 5.92 Å². The standard InChI is InChI=1S/C19H32N4O6/c1-10(2)14(20)16(25)21-15(11(3)24)18(27)22-8-4-6-12(22)17(26)23-9-5-7-13(23)19(28)29/h10-15,24H,4-9,20H2,1-3H3,(H,21,25)(H,28,29). The predicted octanol–water partition coefficient (Wildman–Crippen LogP) is -1.10. The molecular formula is C19H32N4O6. The Morgan fingerprint density at radius 2 is 1.55 bits per heavy atom. The van der Waals surface area contributed by atoms with Crippen molar-refractivity contribution in [3.8, 4) is 0 Å². The first-order valence-electron chi connectivity index (χ1n) is 10.1. The Kier molecular flexibility index (Phi) is 7.59. The third-order valence-electron chi connectivity index (χ3n) is 5.71. The van der Waals surface area contributed by atoms with E-state index in [0.29, 0.717) is 38.8 Å². The minimum absolute atomic E-state index is 0.149. The van der Waals surface area contributed by atoms with Gasteiger partial charge in [0.1, 0.15) is 18.1 Å². The molecule has 2 aliphatic heterocycles. The molecule has 0 bridgehead atoms. The van der Waals surface area contributed by atoms with Gasteiger partial charge in [0.25, 0.3) is 0 Å². The number of hydrogen-bond acceptors (Lipinski definition) is 6. The van der Waals surface area contributed by atoms with Gasteiger partial charge < -0.3 is 31.1 Å². The quantitative estimate of drug-likeness (QED) is 0.414. The average Bonchev–Trinajstić information content (AvgIpc) is 3.33. The van der Waals surface area contributed by atoms with E-state index in [0.717, 1.165) is 0 Å². The number of nitrogens with one attached hydrogen (secondary N) is 1. The second-order valence-electron chi connectivity index (χ2n) is 8.21. The van der Waals surface area contributed by atoms with Gasteiger partial charge in [-0.25, -0.2) is 4.79 Å². The summed E-state index contributed by atoms with van der Waals surface area (Å²) in [5.41, 5.74) is 5.83. The van der Waals surface area contributed by atoms with Gasteiger partial charge in [-0.3, -0.25) is 14.4 Å². The number of aliphatic carboxylic acids is 1. The summed E-state index contributed by atoms with van der Waals surface area (Å²) in [7, 11) is 0. The van der Waals surface area contributed by atoms with Crippen LogP contribution in [0.25, 0.3) is 0 Å². The predicted molar refractivity (Wildman–Crippen MR) is 104 cm³/mol. The second-order valence-corrected chi connectivity index (χ2v) is 8.21. The molecule has 0 aromatic rings. The number of likely N-dealkylation sites (tertiary alicyclic amines) is 2. The monoisotopic (exact) mass is 412 g/mol. The molecule has 0 aliphatic carbocycles. The minimum atomic E-state index is -1.23. The fourth-order valence-electron chi connectivity index (χ4n) is 3.89. The van der Waals surface area contributed by atoms with E-state index in [4.69, 9.17) is 5.73 Å². The molecule has 164 valence electrons. The summed E-state index contributed by atoms with van der Waals surface area (Å²) in [4.78, 5) is 52.5. The van der Waals surface area contributed by atoms with Crippen LogP contribution in [-0.2, 0) is 19.2 Å². The topological polar surface area (TPSA) is 153 Å². The van der Waals surface area contributed by atoms with E-state index in [1.54, 1.807) is 13.8 Å². The Balaban J connectivity index is 2.15. The number of aliphatic hydroxyl groups is 1. The maximum atomic E-state index is 13.1. The normalized spacial score (nSPS) is 25.0. The molecule has 0 aromatic heterocycles. The van der Waals surface area contributed by atoms with Crippen molar-refractivity contribution >= 4 is 23.7 Å². The molecule has 3 amide bonds. The van der Waals surface area contributed by atoms with Crippen LogP contribution < -0.4 is 11.1 Å². The molecule has 0 saturated carbocycles. The van der Waals surface area contributed by atoms with Gasteiger partial charge in [-0.15, -0.1) is 0 Å². The molecule has 2 fully saturated rings. The largest absolute Gasteiger partial charge is 0.480 e. The molecule has 5 atom stereocenters. The molecule has 2 heterocycles. The summed E-state index contributed by atoms with van der Waals surface area (Å²) in [6.45, 7) is 5.57. The van der Waals surface area contributed by atoms with Crippen LogP contribution in [0.5, 0.6) is 0 Å². The maximum Gasteiger partial charge on any atom is 0.326 e.